The molecule has 3 rings (SSSR count). The van der Waals surface area contributed by atoms with Crippen LogP contribution < -0.4 is 3.61 Å². The molecule has 2 aliphatic rings. The molecular weight excluding hydrogens is 431 g/mol. The molecule has 0 spiro atoms. The second-order valence-corrected chi connectivity index (χ2v) is 16.3. The Hall–Kier alpha value is 0.526. The van der Waals surface area contributed by atoms with Crippen LogP contribution in [0.25, 0.3) is 0 Å². The molecule has 1 aromatic rings. The van der Waals surface area contributed by atoms with Crippen LogP contribution in [0.5, 0.6) is 0 Å². The van der Waals surface area contributed by atoms with Crippen LogP contribution in [-0.4, -0.2) is 31.4 Å². The quantitative estimate of drug-likeness (QED) is 0.310. The molecule has 0 saturated heterocycles. The van der Waals surface area contributed by atoms with Gasteiger partial charge in [0.15, 0.2) is 0 Å². The Balaban J connectivity index is 2.15. The Morgan fingerprint density at radius 2 is 1.54 bits per heavy atom. The molecule has 1 saturated carbocycles. The fraction of sp³-hybridized carbons (Fsp3) is 0.619. The summed E-state index contributed by atoms with van der Waals surface area (Å²) >= 11 is 5.41. The summed E-state index contributed by atoms with van der Waals surface area (Å²) in [5.74, 6) is 2.82. The number of fused-ring (bicyclic) bond motifs is 2. The van der Waals surface area contributed by atoms with Gasteiger partial charge in [0.1, 0.15) is 0 Å². The molecule has 0 N–H and O–H groups in total. The molecule has 0 amide bonds. The van der Waals surface area contributed by atoms with Crippen molar-refractivity contribution < 1.29 is 0 Å². The molecule has 1 aromatic carbocycles. The number of rotatable bonds is 7. The van der Waals surface area contributed by atoms with Crippen molar-refractivity contribution in [3.8, 4) is 0 Å². The van der Waals surface area contributed by atoms with E-state index in [1.165, 1.54) is 49.2 Å². The molecule has 2 aliphatic carbocycles. The second-order valence-electron chi connectivity index (χ2n) is 8.12. The van der Waals surface area contributed by atoms with E-state index in [1.807, 2.05) is 5.31 Å². The number of hydrogen-bond acceptors (Lipinski definition) is 3. The van der Waals surface area contributed by atoms with Crippen molar-refractivity contribution >= 4 is 53.6 Å². The summed E-state index contributed by atoms with van der Waals surface area (Å²) in [6.07, 6.45) is 8.80. The molecular formula is C21H32GaNPS2. The molecule has 2 bridgehead atoms. The average Bonchev–Trinajstić information content (AvgIpc) is 3.23. The number of benzene rings is 1. The number of anilines is 1. The van der Waals surface area contributed by atoms with E-state index in [9.17, 15) is 0 Å². The average molecular weight is 463 g/mol. The van der Waals surface area contributed by atoms with Gasteiger partial charge in [-0.3, -0.25) is 0 Å². The van der Waals surface area contributed by atoms with Gasteiger partial charge in [-0.1, -0.05) is 0 Å². The third-order valence-corrected chi connectivity index (χ3v) is 14.8. The first kappa shape index (κ1) is 21.2. The topological polar surface area (TPSA) is 3.24 Å². The van der Waals surface area contributed by atoms with Crippen molar-refractivity contribution in [2.75, 3.05) is 16.1 Å². The second kappa shape index (κ2) is 8.90. The van der Waals surface area contributed by atoms with Gasteiger partial charge in [0.25, 0.3) is 0 Å². The monoisotopic (exact) mass is 462 g/mol. The third kappa shape index (κ3) is 3.83. The van der Waals surface area contributed by atoms with Gasteiger partial charge in [0, 0.05) is 0 Å². The van der Waals surface area contributed by atoms with Gasteiger partial charge >= 0.3 is 181 Å². The molecule has 0 heterocycles. The summed E-state index contributed by atoms with van der Waals surface area (Å²) < 4.78 is 2.76. The summed E-state index contributed by atoms with van der Waals surface area (Å²) in [5.41, 5.74) is 6.37. The Morgan fingerprint density at radius 1 is 1.00 bits per heavy atom. The van der Waals surface area contributed by atoms with E-state index in [0.717, 1.165) is 11.8 Å². The van der Waals surface area contributed by atoms with E-state index >= 15 is 0 Å². The van der Waals surface area contributed by atoms with Crippen molar-refractivity contribution in [1.29, 1.82) is 0 Å². The molecule has 2 atom stereocenters. The molecule has 0 aromatic heterocycles. The first-order valence-electron chi connectivity index (χ1n) is 9.76. The normalized spacial score (nSPS) is 22.3. The van der Waals surface area contributed by atoms with E-state index < -0.39 is 0 Å². The molecule has 1 fully saturated rings. The summed E-state index contributed by atoms with van der Waals surface area (Å²) in [5, 5.41) is 1.84. The SMILES string of the molecule is CSP(SC)C1=C([N]([GaH])c2c(C(C)C)cccc2C(C)C)C2CCC1C2. The van der Waals surface area contributed by atoms with E-state index in [2.05, 4.69) is 84.8 Å². The fourth-order valence-corrected chi connectivity index (χ4v) is 12.6. The van der Waals surface area contributed by atoms with Gasteiger partial charge in [-0.25, -0.2) is 0 Å². The van der Waals surface area contributed by atoms with Crippen molar-refractivity contribution in [2.45, 2.75) is 58.8 Å². The molecule has 5 heteroatoms. The van der Waals surface area contributed by atoms with Crippen LogP contribution in [0, 0.1) is 11.8 Å². The van der Waals surface area contributed by atoms with E-state index in [4.69, 9.17) is 0 Å². The Bertz CT molecular complexity index is 658. The Kier molecular flexibility index (Phi) is 7.27. The zero-order chi connectivity index (χ0) is 19.0. The van der Waals surface area contributed by atoms with Crippen LogP contribution in [0.2, 0.25) is 0 Å². The number of para-hydroxylation sites is 1. The van der Waals surface area contributed by atoms with Gasteiger partial charge in [0.2, 0.25) is 0 Å². The van der Waals surface area contributed by atoms with Gasteiger partial charge in [-0.05, 0) is 0 Å². The van der Waals surface area contributed by atoms with E-state index in [-0.39, 0.29) is 6.33 Å². The van der Waals surface area contributed by atoms with Crippen molar-refractivity contribution in [3.05, 3.63) is 40.3 Å². The minimum atomic E-state index is -0.0928. The van der Waals surface area contributed by atoms with Crippen molar-refractivity contribution in [1.82, 2.24) is 0 Å². The number of nitrogens with zero attached hydrogens (tertiary/aromatic N) is 1. The van der Waals surface area contributed by atoms with Gasteiger partial charge in [-0.2, -0.15) is 0 Å². The summed E-state index contributed by atoms with van der Waals surface area (Å²) in [7, 11) is 0. The van der Waals surface area contributed by atoms with Crippen LogP contribution in [0.3, 0.4) is 0 Å². The predicted octanol–water partition coefficient (Wildman–Crippen LogP) is 7.24. The molecule has 0 aliphatic heterocycles. The molecule has 1 radical (unpaired) electrons. The molecule has 1 nitrogen and oxygen atoms in total. The number of allylic oxidation sites excluding steroid dienone is 2. The maximum atomic E-state index is 2.76. The molecule has 141 valence electrons. The first-order valence-corrected chi connectivity index (χ1v) is 16.1. The summed E-state index contributed by atoms with van der Waals surface area (Å²) in [6.45, 7) is 9.40. The zero-order valence-electron chi connectivity index (χ0n) is 17.1. The third-order valence-electron chi connectivity index (χ3n) is 5.90. The zero-order valence-corrected chi connectivity index (χ0v) is 22.6. The number of hydrogen-bond donors (Lipinski definition) is 0. The van der Waals surface area contributed by atoms with Crippen LogP contribution in [0.1, 0.15) is 69.9 Å². The van der Waals surface area contributed by atoms with E-state index in [1.54, 1.807) is 11.4 Å². The predicted molar refractivity (Wildman–Crippen MR) is 126 cm³/mol. The minimum absolute atomic E-state index is 0.0928. The van der Waals surface area contributed by atoms with Crippen LogP contribution in [-0.2, 0) is 0 Å². The first-order chi connectivity index (χ1) is 12.4. The standard InChI is InChI=1S/C21H31NPS2.Ga.H/c1-13(2)17-8-7-9-18(14(3)4)20(17)22-19-15-10-11-16(12-15)21(19)23(24-5)25-6;;/h7-9,13-16H,10-12H2,1-6H3;;/q-1;+1;. The van der Waals surface area contributed by atoms with Crippen LogP contribution in [0.4, 0.5) is 5.69 Å². The Morgan fingerprint density at radius 3 is 2.04 bits per heavy atom. The van der Waals surface area contributed by atoms with E-state index in [0.29, 0.717) is 11.8 Å². The molecule has 2 unspecified atom stereocenters. The van der Waals surface area contributed by atoms with Gasteiger partial charge in [-0.15, -0.1) is 0 Å². The summed E-state index contributed by atoms with van der Waals surface area (Å²) in [6, 6.07) is 7.01. The van der Waals surface area contributed by atoms with Crippen LogP contribution >= 0.6 is 29.1 Å². The van der Waals surface area contributed by atoms with Crippen molar-refractivity contribution in [2.24, 2.45) is 11.8 Å². The molecule has 26 heavy (non-hydrogen) atoms. The summed E-state index contributed by atoms with van der Waals surface area (Å²) in [4.78, 5) is 0. The fourth-order valence-electron chi connectivity index (χ4n) is 4.71. The Labute approximate surface area is 180 Å². The van der Waals surface area contributed by atoms with Crippen molar-refractivity contribution in [3.63, 3.8) is 0 Å². The van der Waals surface area contributed by atoms with Gasteiger partial charge < -0.3 is 0 Å². The maximum absolute atomic E-state index is 2.76. The van der Waals surface area contributed by atoms with Crippen LogP contribution in [0.15, 0.2) is 29.2 Å². The van der Waals surface area contributed by atoms with Gasteiger partial charge in [0.05, 0.1) is 0 Å².